The number of morpholine rings is 1. The van der Waals surface area contributed by atoms with Crippen molar-refractivity contribution in [2.24, 2.45) is 12.0 Å². The molecule has 0 spiro atoms. The minimum atomic E-state index is -0.0196. The van der Waals surface area contributed by atoms with Gasteiger partial charge in [-0.1, -0.05) is 12.1 Å². The van der Waals surface area contributed by atoms with Crippen LogP contribution >= 0.6 is 0 Å². The molecule has 1 atom stereocenters. The zero-order valence-corrected chi connectivity index (χ0v) is 18.2. The van der Waals surface area contributed by atoms with Crippen molar-refractivity contribution >= 4 is 17.6 Å². The summed E-state index contributed by atoms with van der Waals surface area (Å²) in [6, 6.07) is 7.66. The average Bonchev–Trinajstić information content (AvgIpc) is 3.23. The molecule has 1 N–H and O–H groups in total. The average molecular weight is 427 g/mol. The first kappa shape index (κ1) is 21.2. The molecule has 31 heavy (non-hydrogen) atoms. The van der Waals surface area contributed by atoms with Gasteiger partial charge in [-0.3, -0.25) is 14.5 Å². The molecule has 3 heterocycles. The Hall–Kier alpha value is -3.07. The zero-order chi connectivity index (χ0) is 21.6. The number of aromatic nitrogens is 2. The number of para-hydroxylation sites is 2. The van der Waals surface area contributed by atoms with Crippen LogP contribution in [-0.4, -0.2) is 72.5 Å². The molecule has 1 aromatic carbocycles. The van der Waals surface area contributed by atoms with E-state index in [1.54, 1.807) is 9.58 Å². The Bertz CT molecular complexity index is 927. The van der Waals surface area contributed by atoms with E-state index in [9.17, 15) is 4.79 Å². The SMILES string of the molecule is CCNC(=NCCCN1C(=O)COc2ccccc21)N1CCOC(c2cnn(C)c2)C1. The highest BCUT2D eigenvalue weighted by molar-refractivity contribution is 5.97. The van der Waals surface area contributed by atoms with Crippen molar-refractivity contribution in [3.8, 4) is 5.75 Å². The van der Waals surface area contributed by atoms with Gasteiger partial charge in [-0.05, 0) is 25.5 Å². The monoisotopic (exact) mass is 426 g/mol. The third-order valence-electron chi connectivity index (χ3n) is 5.41. The molecule has 2 aromatic rings. The Morgan fingerprint density at radius 3 is 3.03 bits per heavy atom. The number of aliphatic imine (C=N–C) groups is 1. The molecule has 1 unspecified atom stereocenters. The van der Waals surface area contributed by atoms with Crippen molar-refractivity contribution in [3.63, 3.8) is 0 Å². The largest absolute Gasteiger partial charge is 0.482 e. The predicted octanol–water partition coefficient (Wildman–Crippen LogP) is 1.57. The first-order valence-electron chi connectivity index (χ1n) is 10.8. The summed E-state index contributed by atoms with van der Waals surface area (Å²) in [6.45, 7) is 6.36. The lowest BCUT2D eigenvalue weighted by atomic mass is 10.1. The van der Waals surface area contributed by atoms with Gasteiger partial charge in [0.2, 0.25) is 0 Å². The number of anilines is 1. The quantitative estimate of drug-likeness (QED) is 0.429. The molecular formula is C22H30N6O3. The molecule has 0 saturated carbocycles. The summed E-state index contributed by atoms with van der Waals surface area (Å²) in [5.74, 6) is 1.63. The number of carbonyl (C=O) groups is 1. The second kappa shape index (κ2) is 9.82. The van der Waals surface area contributed by atoms with Crippen LogP contribution in [0, 0.1) is 0 Å². The first-order valence-corrected chi connectivity index (χ1v) is 10.8. The fourth-order valence-electron chi connectivity index (χ4n) is 3.89. The van der Waals surface area contributed by atoms with Gasteiger partial charge in [-0.2, -0.15) is 5.10 Å². The lowest BCUT2D eigenvalue weighted by Crippen LogP contribution is -2.48. The number of nitrogens with zero attached hydrogens (tertiary/aromatic N) is 5. The van der Waals surface area contributed by atoms with Crippen molar-refractivity contribution in [1.82, 2.24) is 20.0 Å². The topological polar surface area (TPSA) is 84.2 Å². The van der Waals surface area contributed by atoms with E-state index in [-0.39, 0.29) is 18.6 Å². The van der Waals surface area contributed by atoms with Gasteiger partial charge in [0, 0.05) is 45.0 Å². The Morgan fingerprint density at radius 1 is 1.35 bits per heavy atom. The van der Waals surface area contributed by atoms with Crippen LogP contribution in [0.2, 0.25) is 0 Å². The van der Waals surface area contributed by atoms with E-state index >= 15 is 0 Å². The lowest BCUT2D eigenvalue weighted by Gasteiger charge is -2.35. The summed E-state index contributed by atoms with van der Waals surface area (Å²) in [5, 5.41) is 7.65. The summed E-state index contributed by atoms with van der Waals surface area (Å²) >= 11 is 0. The second-order valence-corrected chi connectivity index (χ2v) is 7.64. The maximum absolute atomic E-state index is 12.3. The summed E-state index contributed by atoms with van der Waals surface area (Å²) in [6.07, 6.45) is 4.60. The molecule has 9 nitrogen and oxygen atoms in total. The van der Waals surface area contributed by atoms with Crippen LogP contribution in [0.15, 0.2) is 41.7 Å². The Labute approximate surface area is 182 Å². The molecule has 9 heteroatoms. The van der Waals surface area contributed by atoms with E-state index in [1.807, 2.05) is 43.7 Å². The van der Waals surface area contributed by atoms with Crippen molar-refractivity contribution in [2.75, 3.05) is 50.8 Å². The van der Waals surface area contributed by atoms with Gasteiger partial charge >= 0.3 is 0 Å². The predicted molar refractivity (Wildman–Crippen MR) is 118 cm³/mol. The molecule has 166 valence electrons. The fraction of sp³-hybridized carbons (Fsp3) is 0.500. The smallest absolute Gasteiger partial charge is 0.265 e. The highest BCUT2D eigenvalue weighted by atomic mass is 16.5. The van der Waals surface area contributed by atoms with Crippen LogP contribution in [0.4, 0.5) is 5.69 Å². The van der Waals surface area contributed by atoms with Crippen molar-refractivity contribution in [2.45, 2.75) is 19.4 Å². The number of nitrogens with one attached hydrogen (secondary N) is 1. The van der Waals surface area contributed by atoms with Crippen molar-refractivity contribution in [1.29, 1.82) is 0 Å². The number of ether oxygens (including phenoxy) is 2. The van der Waals surface area contributed by atoms with Crippen LogP contribution in [0.25, 0.3) is 0 Å². The maximum atomic E-state index is 12.3. The number of rotatable bonds is 6. The Balaban J connectivity index is 1.36. The molecule has 1 fully saturated rings. The molecule has 4 rings (SSSR count). The molecule has 0 bridgehead atoms. The number of fused-ring (bicyclic) bond motifs is 1. The van der Waals surface area contributed by atoms with E-state index in [4.69, 9.17) is 14.5 Å². The molecule has 0 radical (unpaired) electrons. The van der Waals surface area contributed by atoms with Crippen LogP contribution in [0.5, 0.6) is 5.75 Å². The van der Waals surface area contributed by atoms with Crippen LogP contribution in [0.3, 0.4) is 0 Å². The Kier molecular flexibility index (Phi) is 6.71. The number of amides is 1. The molecular weight excluding hydrogens is 396 g/mol. The standard InChI is InChI=1S/C22H30N6O3/c1-3-23-22(27-11-12-30-20(15-27)17-13-25-26(2)14-17)24-9-6-10-28-18-7-4-5-8-19(18)31-16-21(28)29/h4-5,7-8,13-14,20H,3,6,9-12,15-16H2,1-2H3,(H,23,24). The van der Waals surface area contributed by atoms with Crippen molar-refractivity contribution in [3.05, 3.63) is 42.2 Å². The molecule has 0 aliphatic carbocycles. The van der Waals surface area contributed by atoms with Crippen LogP contribution < -0.4 is 15.0 Å². The molecule has 2 aliphatic rings. The highest BCUT2D eigenvalue weighted by Gasteiger charge is 2.26. The van der Waals surface area contributed by atoms with Gasteiger partial charge in [0.25, 0.3) is 5.91 Å². The van der Waals surface area contributed by atoms with E-state index in [2.05, 4.69) is 22.2 Å². The van der Waals surface area contributed by atoms with Gasteiger partial charge in [0.15, 0.2) is 12.6 Å². The van der Waals surface area contributed by atoms with Gasteiger partial charge in [-0.15, -0.1) is 0 Å². The van der Waals surface area contributed by atoms with Gasteiger partial charge in [0.1, 0.15) is 11.9 Å². The summed E-state index contributed by atoms with van der Waals surface area (Å²) in [7, 11) is 1.91. The number of guanidine groups is 1. The summed E-state index contributed by atoms with van der Waals surface area (Å²) in [4.78, 5) is 21.2. The fourth-order valence-corrected chi connectivity index (χ4v) is 3.89. The molecule has 1 aromatic heterocycles. The van der Waals surface area contributed by atoms with E-state index in [0.717, 1.165) is 49.0 Å². The van der Waals surface area contributed by atoms with Crippen LogP contribution in [0.1, 0.15) is 25.0 Å². The van der Waals surface area contributed by atoms with E-state index in [1.165, 1.54) is 0 Å². The van der Waals surface area contributed by atoms with E-state index < -0.39 is 0 Å². The van der Waals surface area contributed by atoms with E-state index in [0.29, 0.717) is 19.7 Å². The van der Waals surface area contributed by atoms with Gasteiger partial charge < -0.3 is 24.6 Å². The number of hydrogen-bond donors (Lipinski definition) is 1. The maximum Gasteiger partial charge on any atom is 0.265 e. The van der Waals surface area contributed by atoms with Gasteiger partial charge in [0.05, 0.1) is 25.0 Å². The summed E-state index contributed by atoms with van der Waals surface area (Å²) in [5.41, 5.74) is 1.91. The number of benzene rings is 1. The first-order chi connectivity index (χ1) is 15.2. The normalized spacial score (nSPS) is 19.2. The number of aryl methyl sites for hydroxylation is 1. The minimum Gasteiger partial charge on any atom is -0.482 e. The van der Waals surface area contributed by atoms with Gasteiger partial charge in [-0.25, -0.2) is 0 Å². The van der Waals surface area contributed by atoms with Crippen LogP contribution in [-0.2, 0) is 16.6 Å². The second-order valence-electron chi connectivity index (χ2n) is 7.64. The third-order valence-corrected chi connectivity index (χ3v) is 5.41. The highest BCUT2D eigenvalue weighted by Crippen LogP contribution is 2.31. The number of hydrogen-bond acceptors (Lipinski definition) is 5. The summed E-state index contributed by atoms with van der Waals surface area (Å²) < 4.78 is 13.3. The molecule has 1 amide bonds. The molecule has 2 aliphatic heterocycles. The Morgan fingerprint density at radius 2 is 2.23 bits per heavy atom. The minimum absolute atomic E-state index is 0.0120. The lowest BCUT2D eigenvalue weighted by molar-refractivity contribution is -0.121. The van der Waals surface area contributed by atoms with Crippen molar-refractivity contribution < 1.29 is 14.3 Å². The zero-order valence-electron chi connectivity index (χ0n) is 18.2. The third kappa shape index (κ3) is 4.99. The molecule has 1 saturated heterocycles. The number of carbonyl (C=O) groups excluding carboxylic acids is 1.